The molecular formula is C11H12N6O. The van der Waals surface area contributed by atoms with E-state index in [2.05, 4.69) is 15.2 Å². The molecule has 0 aliphatic rings. The van der Waals surface area contributed by atoms with Gasteiger partial charge in [0.05, 0.1) is 37.4 Å². The van der Waals surface area contributed by atoms with Crippen LogP contribution in [0.3, 0.4) is 0 Å². The van der Waals surface area contributed by atoms with Gasteiger partial charge in [-0.05, 0) is 6.07 Å². The first kappa shape index (κ1) is 10.7. The van der Waals surface area contributed by atoms with Gasteiger partial charge in [-0.2, -0.15) is 10.2 Å². The van der Waals surface area contributed by atoms with Gasteiger partial charge >= 0.3 is 0 Å². The zero-order valence-electron chi connectivity index (χ0n) is 9.56. The third-order valence-corrected chi connectivity index (χ3v) is 2.72. The minimum Gasteiger partial charge on any atom is -0.394 e. The van der Waals surface area contributed by atoms with Crippen LogP contribution in [-0.4, -0.2) is 36.1 Å². The molecule has 0 fully saturated rings. The van der Waals surface area contributed by atoms with E-state index >= 15 is 0 Å². The largest absolute Gasteiger partial charge is 0.394 e. The highest BCUT2D eigenvalue weighted by Crippen LogP contribution is 2.21. The maximum Gasteiger partial charge on any atom is 0.149 e. The molecule has 3 rings (SSSR count). The van der Waals surface area contributed by atoms with E-state index in [0.29, 0.717) is 12.4 Å². The summed E-state index contributed by atoms with van der Waals surface area (Å²) in [4.78, 5) is 4.14. The number of rotatable bonds is 3. The van der Waals surface area contributed by atoms with E-state index in [1.54, 1.807) is 27.8 Å². The van der Waals surface area contributed by atoms with Crippen LogP contribution in [0.2, 0.25) is 0 Å². The molecule has 0 saturated heterocycles. The van der Waals surface area contributed by atoms with Crippen molar-refractivity contribution in [3.8, 4) is 11.3 Å². The number of aliphatic hydroxyl groups excluding tert-OH is 1. The Hall–Kier alpha value is -2.41. The van der Waals surface area contributed by atoms with Crippen LogP contribution in [0.1, 0.15) is 0 Å². The molecule has 0 aliphatic carbocycles. The van der Waals surface area contributed by atoms with E-state index in [-0.39, 0.29) is 6.61 Å². The molecule has 92 valence electrons. The Labute approximate surface area is 102 Å². The van der Waals surface area contributed by atoms with Crippen LogP contribution < -0.4 is 5.73 Å². The van der Waals surface area contributed by atoms with E-state index in [0.717, 1.165) is 16.8 Å². The van der Waals surface area contributed by atoms with Crippen molar-refractivity contribution >= 4 is 11.3 Å². The van der Waals surface area contributed by atoms with E-state index in [4.69, 9.17) is 10.8 Å². The van der Waals surface area contributed by atoms with Crippen molar-refractivity contribution in [1.29, 1.82) is 0 Å². The minimum absolute atomic E-state index is 0.0539. The molecule has 0 spiro atoms. The van der Waals surface area contributed by atoms with E-state index in [1.807, 2.05) is 12.3 Å². The second-order valence-corrected chi connectivity index (χ2v) is 3.87. The Bertz CT molecular complexity index is 686. The first-order valence-corrected chi connectivity index (χ1v) is 5.51. The molecule has 3 heterocycles. The van der Waals surface area contributed by atoms with E-state index in [1.165, 1.54) is 0 Å². The van der Waals surface area contributed by atoms with Gasteiger partial charge in [0.15, 0.2) is 0 Å². The Morgan fingerprint density at radius 2 is 2.17 bits per heavy atom. The summed E-state index contributed by atoms with van der Waals surface area (Å²) >= 11 is 0. The van der Waals surface area contributed by atoms with Crippen molar-refractivity contribution < 1.29 is 5.11 Å². The molecule has 0 aromatic carbocycles. The number of aromatic nitrogens is 5. The molecule has 18 heavy (non-hydrogen) atoms. The van der Waals surface area contributed by atoms with Gasteiger partial charge in [-0.3, -0.25) is 4.68 Å². The first-order chi connectivity index (χ1) is 8.79. The highest BCUT2D eigenvalue weighted by Gasteiger charge is 2.09. The molecule has 0 saturated carbocycles. The molecule has 0 aliphatic heterocycles. The number of aliphatic hydroxyl groups is 1. The lowest BCUT2D eigenvalue weighted by Crippen LogP contribution is -2.02. The molecule has 0 unspecified atom stereocenters. The number of hydrogen-bond acceptors (Lipinski definition) is 5. The predicted molar refractivity (Wildman–Crippen MR) is 65.7 cm³/mol. The zero-order chi connectivity index (χ0) is 12.5. The quantitative estimate of drug-likeness (QED) is 0.684. The Kier molecular flexibility index (Phi) is 2.45. The number of nitrogens with zero attached hydrogens (tertiary/aromatic N) is 5. The van der Waals surface area contributed by atoms with Crippen molar-refractivity contribution in [3.05, 3.63) is 30.9 Å². The van der Waals surface area contributed by atoms with Crippen molar-refractivity contribution in [2.75, 3.05) is 12.3 Å². The fraction of sp³-hybridized carbons (Fsp3) is 0.182. The number of hydrogen-bond donors (Lipinski definition) is 2. The molecule has 3 aromatic rings. The Morgan fingerprint density at radius 3 is 3.00 bits per heavy atom. The fourth-order valence-electron chi connectivity index (χ4n) is 1.86. The molecule has 0 atom stereocenters. The van der Waals surface area contributed by atoms with Crippen molar-refractivity contribution in [2.24, 2.45) is 0 Å². The van der Waals surface area contributed by atoms with E-state index < -0.39 is 0 Å². The average Bonchev–Trinajstić information content (AvgIpc) is 2.99. The third kappa shape index (κ3) is 1.61. The molecule has 3 aromatic heterocycles. The lowest BCUT2D eigenvalue weighted by Gasteiger charge is -2.03. The van der Waals surface area contributed by atoms with Gasteiger partial charge in [-0.25, -0.2) is 9.50 Å². The van der Waals surface area contributed by atoms with Crippen molar-refractivity contribution in [3.63, 3.8) is 0 Å². The summed E-state index contributed by atoms with van der Waals surface area (Å²) in [6.45, 7) is 0.517. The molecule has 0 amide bonds. The van der Waals surface area contributed by atoms with Crippen molar-refractivity contribution in [1.82, 2.24) is 24.4 Å². The topological polar surface area (TPSA) is 94.3 Å². The summed E-state index contributed by atoms with van der Waals surface area (Å²) in [5.41, 5.74) is 8.23. The smallest absolute Gasteiger partial charge is 0.149 e. The molecule has 3 N–H and O–H groups in total. The maximum atomic E-state index is 8.87. The van der Waals surface area contributed by atoms with Crippen LogP contribution in [0.5, 0.6) is 0 Å². The average molecular weight is 244 g/mol. The second-order valence-electron chi connectivity index (χ2n) is 3.87. The highest BCUT2D eigenvalue weighted by atomic mass is 16.3. The van der Waals surface area contributed by atoms with Gasteiger partial charge in [0.1, 0.15) is 11.3 Å². The van der Waals surface area contributed by atoms with Gasteiger partial charge in [0, 0.05) is 11.8 Å². The highest BCUT2D eigenvalue weighted by molar-refractivity contribution is 5.70. The van der Waals surface area contributed by atoms with Crippen LogP contribution in [0.25, 0.3) is 16.8 Å². The second kappa shape index (κ2) is 4.11. The summed E-state index contributed by atoms with van der Waals surface area (Å²) in [6.07, 6.45) is 6.89. The predicted octanol–water partition coefficient (Wildman–Crippen LogP) is 0.167. The lowest BCUT2D eigenvalue weighted by atomic mass is 10.2. The van der Waals surface area contributed by atoms with E-state index in [9.17, 15) is 0 Å². The standard InChI is InChI=1S/C11H12N6O/c12-11-9-1-2-14-17(9)10(6-13-11)8-5-15-16(7-8)3-4-18/h1-2,5-7,18H,3-4H2,(H2,12,13). The summed E-state index contributed by atoms with van der Waals surface area (Å²) in [6, 6.07) is 1.81. The normalized spacial score (nSPS) is 11.2. The van der Waals surface area contributed by atoms with Gasteiger partial charge in [-0.15, -0.1) is 0 Å². The zero-order valence-corrected chi connectivity index (χ0v) is 9.56. The number of fused-ring (bicyclic) bond motifs is 1. The number of nitrogens with two attached hydrogens (primary N) is 1. The van der Waals surface area contributed by atoms with Crippen LogP contribution in [-0.2, 0) is 6.54 Å². The van der Waals surface area contributed by atoms with Crippen LogP contribution >= 0.6 is 0 Å². The Morgan fingerprint density at radius 1 is 1.28 bits per heavy atom. The SMILES string of the molecule is Nc1ncc(-c2cnn(CCO)c2)n2nccc12. The van der Waals surface area contributed by atoms with Gasteiger partial charge < -0.3 is 10.8 Å². The Balaban J connectivity index is 2.13. The maximum absolute atomic E-state index is 8.87. The minimum atomic E-state index is 0.0539. The van der Waals surface area contributed by atoms with Gasteiger partial charge in [0.2, 0.25) is 0 Å². The summed E-state index contributed by atoms with van der Waals surface area (Å²) in [7, 11) is 0. The molecular weight excluding hydrogens is 232 g/mol. The molecule has 7 nitrogen and oxygen atoms in total. The number of anilines is 1. The van der Waals surface area contributed by atoms with Gasteiger partial charge in [0.25, 0.3) is 0 Å². The van der Waals surface area contributed by atoms with Crippen molar-refractivity contribution in [2.45, 2.75) is 6.54 Å². The summed E-state index contributed by atoms with van der Waals surface area (Å²) in [5, 5.41) is 17.2. The van der Waals surface area contributed by atoms with Crippen LogP contribution in [0.15, 0.2) is 30.9 Å². The monoisotopic (exact) mass is 244 g/mol. The molecule has 0 bridgehead atoms. The first-order valence-electron chi connectivity index (χ1n) is 5.51. The summed E-state index contributed by atoms with van der Waals surface area (Å²) < 4.78 is 3.39. The van der Waals surface area contributed by atoms with Crippen LogP contribution in [0.4, 0.5) is 5.82 Å². The number of nitrogen functional groups attached to an aromatic ring is 1. The molecule has 7 heteroatoms. The fourth-order valence-corrected chi connectivity index (χ4v) is 1.86. The third-order valence-electron chi connectivity index (χ3n) is 2.72. The molecule has 0 radical (unpaired) electrons. The van der Waals surface area contributed by atoms with Gasteiger partial charge in [-0.1, -0.05) is 0 Å². The summed E-state index contributed by atoms with van der Waals surface area (Å²) in [5.74, 6) is 0.444. The van der Waals surface area contributed by atoms with Crippen LogP contribution in [0, 0.1) is 0 Å². The lowest BCUT2D eigenvalue weighted by molar-refractivity contribution is 0.269.